The number of nitriles is 1. The Morgan fingerprint density at radius 2 is 1.83 bits per heavy atom. The molecule has 0 atom stereocenters. The Hall–Kier alpha value is -2.01. The first-order chi connectivity index (χ1) is 8.81. The van der Waals surface area contributed by atoms with Gasteiger partial charge in [-0.25, -0.2) is 0 Å². The van der Waals surface area contributed by atoms with Crippen molar-refractivity contribution in [2.45, 2.75) is 25.3 Å². The molecule has 0 heterocycles. The molecule has 1 aliphatic carbocycles. The fourth-order valence-electron chi connectivity index (χ4n) is 2.66. The average molecular weight is 236 g/mol. The van der Waals surface area contributed by atoms with E-state index in [0.717, 1.165) is 10.9 Å². The van der Waals surface area contributed by atoms with Crippen molar-refractivity contribution in [3.05, 3.63) is 42.0 Å². The smallest absolute Gasteiger partial charge is 0.0998 e. The minimum Gasteiger partial charge on any atom is -0.371 e. The van der Waals surface area contributed by atoms with Crippen molar-refractivity contribution in [3.8, 4) is 6.07 Å². The Morgan fingerprint density at radius 3 is 2.44 bits per heavy atom. The predicted octanol–water partition coefficient (Wildman–Crippen LogP) is 3.70. The van der Waals surface area contributed by atoms with Gasteiger partial charge < -0.3 is 4.90 Å². The summed E-state index contributed by atoms with van der Waals surface area (Å²) in [6.45, 7) is 0. The molecule has 1 saturated carbocycles. The van der Waals surface area contributed by atoms with Crippen molar-refractivity contribution in [1.29, 1.82) is 5.26 Å². The molecule has 0 unspecified atom stereocenters. The van der Waals surface area contributed by atoms with Crippen LogP contribution in [0.15, 0.2) is 36.4 Å². The number of hydrogen-bond acceptors (Lipinski definition) is 2. The summed E-state index contributed by atoms with van der Waals surface area (Å²) in [6, 6.07) is 15.1. The Labute approximate surface area is 107 Å². The average Bonchev–Trinajstić information content (AvgIpc) is 2.35. The molecule has 0 aromatic heterocycles. The van der Waals surface area contributed by atoms with E-state index >= 15 is 0 Å². The number of hydrogen-bond donors (Lipinski definition) is 0. The van der Waals surface area contributed by atoms with Gasteiger partial charge >= 0.3 is 0 Å². The highest BCUT2D eigenvalue weighted by Crippen LogP contribution is 2.34. The lowest BCUT2D eigenvalue weighted by atomic mass is 9.91. The monoisotopic (exact) mass is 236 g/mol. The summed E-state index contributed by atoms with van der Waals surface area (Å²) in [5.74, 6) is 0. The standard InChI is InChI=1S/C16H16N2/c1-18(13-5-4-6-13)16-10-9-12(11-17)14-7-2-3-8-15(14)16/h2-3,7-10,13H,4-6H2,1H3. The first-order valence-corrected chi connectivity index (χ1v) is 6.46. The maximum Gasteiger partial charge on any atom is 0.0998 e. The summed E-state index contributed by atoms with van der Waals surface area (Å²) >= 11 is 0. The highest BCUT2D eigenvalue weighted by Gasteiger charge is 2.23. The van der Waals surface area contributed by atoms with Crippen molar-refractivity contribution in [2.24, 2.45) is 0 Å². The van der Waals surface area contributed by atoms with Crippen LogP contribution in [0.5, 0.6) is 0 Å². The Bertz CT molecular complexity index is 621. The Balaban J connectivity index is 2.15. The van der Waals surface area contributed by atoms with Gasteiger partial charge in [-0.1, -0.05) is 24.3 Å². The van der Waals surface area contributed by atoms with Gasteiger partial charge in [-0.2, -0.15) is 5.26 Å². The van der Waals surface area contributed by atoms with Gasteiger partial charge in [0.25, 0.3) is 0 Å². The van der Waals surface area contributed by atoms with Gasteiger partial charge in [0.2, 0.25) is 0 Å². The predicted molar refractivity (Wildman–Crippen MR) is 74.7 cm³/mol. The van der Waals surface area contributed by atoms with Crippen LogP contribution >= 0.6 is 0 Å². The zero-order chi connectivity index (χ0) is 12.5. The molecule has 0 spiro atoms. The molecule has 2 aromatic carbocycles. The molecule has 2 nitrogen and oxygen atoms in total. The van der Waals surface area contributed by atoms with Crippen LogP contribution in [0.25, 0.3) is 10.8 Å². The van der Waals surface area contributed by atoms with Crippen molar-refractivity contribution in [3.63, 3.8) is 0 Å². The number of benzene rings is 2. The lowest BCUT2D eigenvalue weighted by Gasteiger charge is -2.37. The van der Waals surface area contributed by atoms with E-state index in [9.17, 15) is 0 Å². The molecule has 1 fully saturated rings. The third-order valence-corrected chi connectivity index (χ3v) is 4.02. The summed E-state index contributed by atoms with van der Waals surface area (Å²) in [5.41, 5.74) is 2.01. The van der Waals surface area contributed by atoms with Crippen LogP contribution in [-0.4, -0.2) is 13.1 Å². The van der Waals surface area contributed by atoms with Gasteiger partial charge in [0, 0.05) is 29.5 Å². The number of rotatable bonds is 2. The first kappa shape index (κ1) is 11.1. The fraction of sp³-hybridized carbons (Fsp3) is 0.312. The molecule has 0 amide bonds. The van der Waals surface area contributed by atoms with E-state index in [1.54, 1.807) is 0 Å². The summed E-state index contributed by atoms with van der Waals surface area (Å²) in [5, 5.41) is 11.4. The number of anilines is 1. The largest absolute Gasteiger partial charge is 0.371 e. The van der Waals surface area contributed by atoms with E-state index in [1.165, 1.54) is 30.3 Å². The van der Waals surface area contributed by atoms with Gasteiger partial charge in [-0.3, -0.25) is 0 Å². The zero-order valence-corrected chi connectivity index (χ0v) is 10.6. The minimum atomic E-state index is 0.668. The normalized spacial score (nSPS) is 15.1. The second kappa shape index (κ2) is 4.34. The van der Waals surface area contributed by atoms with E-state index in [2.05, 4.69) is 30.1 Å². The molecule has 0 bridgehead atoms. The van der Waals surface area contributed by atoms with Crippen LogP contribution in [0.3, 0.4) is 0 Å². The Morgan fingerprint density at radius 1 is 1.11 bits per heavy atom. The second-order valence-corrected chi connectivity index (χ2v) is 4.99. The van der Waals surface area contributed by atoms with Gasteiger partial charge in [0.1, 0.15) is 0 Å². The summed E-state index contributed by atoms with van der Waals surface area (Å²) in [4.78, 5) is 2.37. The van der Waals surface area contributed by atoms with Crippen LogP contribution < -0.4 is 4.90 Å². The highest BCUT2D eigenvalue weighted by molar-refractivity contribution is 5.97. The molecule has 0 radical (unpaired) electrons. The SMILES string of the molecule is CN(c1ccc(C#N)c2ccccc12)C1CCC1. The Kier molecular flexibility index (Phi) is 2.68. The third kappa shape index (κ3) is 1.64. The molecule has 3 rings (SSSR count). The third-order valence-electron chi connectivity index (χ3n) is 4.02. The minimum absolute atomic E-state index is 0.668. The molecule has 18 heavy (non-hydrogen) atoms. The van der Waals surface area contributed by atoms with Crippen molar-refractivity contribution in [2.75, 3.05) is 11.9 Å². The van der Waals surface area contributed by atoms with Crippen LogP contribution in [0, 0.1) is 11.3 Å². The maximum atomic E-state index is 9.17. The lowest BCUT2D eigenvalue weighted by Crippen LogP contribution is -2.37. The molecule has 0 saturated heterocycles. The van der Waals surface area contributed by atoms with Crippen molar-refractivity contribution >= 4 is 16.5 Å². The van der Waals surface area contributed by atoms with Crippen LogP contribution in [-0.2, 0) is 0 Å². The van der Waals surface area contributed by atoms with Crippen molar-refractivity contribution in [1.82, 2.24) is 0 Å². The molecule has 90 valence electrons. The molecule has 1 aliphatic rings. The van der Waals surface area contributed by atoms with Crippen LogP contribution in [0.1, 0.15) is 24.8 Å². The topological polar surface area (TPSA) is 27.0 Å². The van der Waals surface area contributed by atoms with E-state index < -0.39 is 0 Å². The first-order valence-electron chi connectivity index (χ1n) is 6.46. The van der Waals surface area contributed by atoms with Gasteiger partial charge in [0.15, 0.2) is 0 Å². The summed E-state index contributed by atoms with van der Waals surface area (Å²) < 4.78 is 0. The van der Waals surface area contributed by atoms with Crippen LogP contribution in [0.4, 0.5) is 5.69 Å². The van der Waals surface area contributed by atoms with E-state index in [1.807, 2.05) is 24.3 Å². The zero-order valence-electron chi connectivity index (χ0n) is 10.6. The fourth-order valence-corrected chi connectivity index (χ4v) is 2.66. The molecular weight excluding hydrogens is 220 g/mol. The van der Waals surface area contributed by atoms with E-state index in [-0.39, 0.29) is 0 Å². The maximum absolute atomic E-state index is 9.17. The van der Waals surface area contributed by atoms with E-state index in [0.29, 0.717) is 6.04 Å². The highest BCUT2D eigenvalue weighted by atomic mass is 15.1. The van der Waals surface area contributed by atoms with Gasteiger partial charge in [0.05, 0.1) is 11.6 Å². The quantitative estimate of drug-likeness (QED) is 0.795. The molecule has 2 aromatic rings. The van der Waals surface area contributed by atoms with Crippen molar-refractivity contribution < 1.29 is 0 Å². The number of nitrogens with zero attached hydrogens (tertiary/aromatic N) is 2. The van der Waals surface area contributed by atoms with Crippen LogP contribution in [0.2, 0.25) is 0 Å². The van der Waals surface area contributed by atoms with E-state index in [4.69, 9.17) is 5.26 Å². The lowest BCUT2D eigenvalue weighted by molar-refractivity contribution is 0.402. The molecule has 0 N–H and O–H groups in total. The molecular formula is C16H16N2. The molecule has 2 heteroatoms. The van der Waals surface area contributed by atoms with Gasteiger partial charge in [-0.15, -0.1) is 0 Å². The van der Waals surface area contributed by atoms with Gasteiger partial charge in [-0.05, 0) is 31.4 Å². The number of fused-ring (bicyclic) bond motifs is 1. The summed E-state index contributed by atoms with van der Waals surface area (Å²) in [7, 11) is 2.16. The summed E-state index contributed by atoms with van der Waals surface area (Å²) in [6.07, 6.45) is 3.90. The second-order valence-electron chi connectivity index (χ2n) is 4.99. The molecule has 0 aliphatic heterocycles.